The Kier molecular flexibility index (Phi) is 7.52. The number of aliphatic carboxylic acids is 1. The highest BCUT2D eigenvalue weighted by atomic mass is 16.6. The largest absolute Gasteiger partial charge is 0.481 e. The molecule has 0 aromatic heterocycles. The van der Waals surface area contributed by atoms with Gasteiger partial charge in [-0.05, 0) is 37.9 Å². The van der Waals surface area contributed by atoms with Gasteiger partial charge in [-0.15, -0.1) is 0 Å². The quantitative estimate of drug-likeness (QED) is 0.531. The number of rotatable bonds is 10. The van der Waals surface area contributed by atoms with Crippen LogP contribution < -0.4 is 0 Å². The van der Waals surface area contributed by atoms with Crippen molar-refractivity contribution in [3.8, 4) is 0 Å². The maximum Gasteiger partial charge on any atom is 0.308 e. The molecule has 0 unspecified atom stereocenters. The highest BCUT2D eigenvalue weighted by Gasteiger charge is 2.20. The summed E-state index contributed by atoms with van der Waals surface area (Å²) in [7, 11) is 0. The summed E-state index contributed by atoms with van der Waals surface area (Å²) in [5.41, 5.74) is 0.985. The Balaban J connectivity index is 2.95. The molecule has 1 rings (SSSR count). The van der Waals surface area contributed by atoms with Crippen molar-refractivity contribution in [3.63, 3.8) is 0 Å². The topological polar surface area (TPSA) is 83.7 Å². The summed E-state index contributed by atoms with van der Waals surface area (Å²) in [5, 5.41) is 20.1. The Morgan fingerprint density at radius 1 is 1.23 bits per heavy atom. The molecule has 0 heterocycles. The number of benzene rings is 1. The van der Waals surface area contributed by atoms with E-state index in [1.165, 1.54) is 6.07 Å². The molecule has 0 saturated carbocycles. The molecule has 0 radical (unpaired) electrons. The van der Waals surface area contributed by atoms with Crippen molar-refractivity contribution in [2.24, 2.45) is 0 Å². The lowest BCUT2D eigenvalue weighted by Gasteiger charge is -2.21. The molecule has 0 aliphatic carbocycles. The van der Waals surface area contributed by atoms with Gasteiger partial charge in [-0.3, -0.25) is 14.9 Å². The van der Waals surface area contributed by atoms with Gasteiger partial charge in [0.1, 0.15) is 0 Å². The maximum absolute atomic E-state index is 11.1. The molecule has 1 aromatic carbocycles. The second-order valence-electron chi connectivity index (χ2n) is 5.33. The van der Waals surface area contributed by atoms with Crippen molar-refractivity contribution >= 4 is 11.7 Å². The first kappa shape index (κ1) is 18.1. The van der Waals surface area contributed by atoms with Gasteiger partial charge in [-0.1, -0.05) is 26.0 Å². The van der Waals surface area contributed by atoms with Crippen LogP contribution in [0.5, 0.6) is 0 Å². The second kappa shape index (κ2) is 9.15. The molecule has 0 spiro atoms. The fraction of sp³-hybridized carbons (Fsp3) is 0.562. The third kappa shape index (κ3) is 5.44. The molecular formula is C16H24N2O4. The van der Waals surface area contributed by atoms with Crippen LogP contribution in [0.2, 0.25) is 0 Å². The zero-order valence-corrected chi connectivity index (χ0v) is 13.2. The van der Waals surface area contributed by atoms with E-state index >= 15 is 0 Å². The van der Waals surface area contributed by atoms with E-state index in [1.54, 1.807) is 12.1 Å². The van der Waals surface area contributed by atoms with Gasteiger partial charge in [-0.25, -0.2) is 0 Å². The zero-order valence-electron chi connectivity index (χ0n) is 13.2. The van der Waals surface area contributed by atoms with Crippen LogP contribution in [0, 0.1) is 10.1 Å². The van der Waals surface area contributed by atoms with Crippen molar-refractivity contribution in [3.05, 3.63) is 39.4 Å². The summed E-state index contributed by atoms with van der Waals surface area (Å²) < 4.78 is 0. The summed E-state index contributed by atoms with van der Waals surface area (Å²) in [6.07, 6.45) is 2.42. The number of carbonyl (C=O) groups is 1. The van der Waals surface area contributed by atoms with E-state index in [2.05, 4.69) is 18.7 Å². The Morgan fingerprint density at radius 3 is 2.36 bits per heavy atom. The first-order chi connectivity index (χ1) is 10.5. The first-order valence-corrected chi connectivity index (χ1v) is 7.68. The predicted molar refractivity (Wildman–Crippen MR) is 85.2 cm³/mol. The molecule has 0 aliphatic rings. The Morgan fingerprint density at radius 2 is 1.86 bits per heavy atom. The van der Waals surface area contributed by atoms with Gasteiger partial charge < -0.3 is 10.0 Å². The van der Waals surface area contributed by atoms with Crippen molar-refractivity contribution in [2.45, 2.75) is 39.5 Å². The van der Waals surface area contributed by atoms with Crippen LogP contribution in [0.15, 0.2) is 18.2 Å². The summed E-state index contributed by atoms with van der Waals surface area (Å²) in [4.78, 5) is 23.9. The molecule has 1 N–H and O–H groups in total. The van der Waals surface area contributed by atoms with Crippen LogP contribution >= 0.6 is 0 Å². The molecule has 22 heavy (non-hydrogen) atoms. The van der Waals surface area contributed by atoms with Crippen LogP contribution in [0.3, 0.4) is 0 Å². The average molecular weight is 308 g/mol. The summed E-state index contributed by atoms with van der Waals surface area (Å²) in [5.74, 6) is -1.05. The Bertz CT molecular complexity index is 511. The van der Waals surface area contributed by atoms with E-state index < -0.39 is 10.9 Å². The lowest BCUT2D eigenvalue weighted by atomic mass is 9.99. The molecule has 122 valence electrons. The third-order valence-corrected chi connectivity index (χ3v) is 3.55. The molecular weight excluding hydrogens is 284 g/mol. The molecule has 6 heteroatoms. The minimum atomic E-state index is -1.05. The average Bonchev–Trinajstić information content (AvgIpc) is 2.45. The molecule has 0 saturated heterocycles. The summed E-state index contributed by atoms with van der Waals surface area (Å²) in [6.45, 7) is 6.99. The molecule has 6 nitrogen and oxygen atoms in total. The van der Waals surface area contributed by atoms with Crippen molar-refractivity contribution in [1.82, 2.24) is 4.90 Å². The smallest absolute Gasteiger partial charge is 0.308 e. The second-order valence-corrected chi connectivity index (χ2v) is 5.33. The van der Waals surface area contributed by atoms with Crippen LogP contribution in [0.1, 0.15) is 37.8 Å². The molecule has 0 bridgehead atoms. The van der Waals surface area contributed by atoms with Gasteiger partial charge in [-0.2, -0.15) is 0 Å². The fourth-order valence-electron chi connectivity index (χ4n) is 2.63. The molecule has 0 aliphatic heterocycles. The normalized spacial score (nSPS) is 10.9. The standard InChI is InChI=1S/C16H24N2O4/c1-3-9-17(10-4-2)11-8-13-6-5-7-15(18(21)22)14(13)12-16(19)20/h5-7H,3-4,8-12H2,1-2H3,(H,19,20). The highest BCUT2D eigenvalue weighted by molar-refractivity contribution is 5.73. The van der Waals surface area contributed by atoms with Gasteiger partial charge in [0, 0.05) is 18.2 Å². The van der Waals surface area contributed by atoms with E-state index in [4.69, 9.17) is 5.11 Å². The van der Waals surface area contributed by atoms with Gasteiger partial charge in [0.15, 0.2) is 0 Å². The number of carboxylic acids is 1. The number of nitro benzene ring substituents is 1. The van der Waals surface area contributed by atoms with Crippen LogP contribution in [0.25, 0.3) is 0 Å². The van der Waals surface area contributed by atoms with Gasteiger partial charge >= 0.3 is 5.97 Å². The number of hydrogen-bond acceptors (Lipinski definition) is 4. The summed E-state index contributed by atoms with van der Waals surface area (Å²) >= 11 is 0. The van der Waals surface area contributed by atoms with E-state index in [0.29, 0.717) is 12.0 Å². The number of hydrogen-bond donors (Lipinski definition) is 1. The van der Waals surface area contributed by atoms with Gasteiger partial charge in [0.05, 0.1) is 11.3 Å². The Hall–Kier alpha value is -1.95. The van der Waals surface area contributed by atoms with E-state index in [0.717, 1.165) is 38.0 Å². The SMILES string of the molecule is CCCN(CCC)CCc1cccc([N+](=O)[O-])c1CC(=O)O. The fourth-order valence-corrected chi connectivity index (χ4v) is 2.63. The minimum absolute atomic E-state index is 0.0996. The number of nitrogens with zero attached hydrogens (tertiary/aromatic N) is 2. The molecule has 0 amide bonds. The van der Waals surface area contributed by atoms with Crippen LogP contribution in [-0.2, 0) is 17.6 Å². The van der Waals surface area contributed by atoms with E-state index in [9.17, 15) is 14.9 Å². The molecule has 0 atom stereocenters. The van der Waals surface area contributed by atoms with E-state index in [1.807, 2.05) is 0 Å². The molecule has 1 aromatic rings. The number of nitro groups is 1. The number of carboxylic acid groups (broad SMARTS) is 1. The Labute approximate surface area is 130 Å². The van der Waals surface area contributed by atoms with Gasteiger partial charge in [0.2, 0.25) is 0 Å². The lowest BCUT2D eigenvalue weighted by Crippen LogP contribution is -2.28. The summed E-state index contributed by atoms with van der Waals surface area (Å²) in [6, 6.07) is 4.79. The third-order valence-electron chi connectivity index (χ3n) is 3.55. The van der Waals surface area contributed by atoms with Gasteiger partial charge in [0.25, 0.3) is 5.69 Å². The monoisotopic (exact) mass is 308 g/mol. The zero-order chi connectivity index (χ0) is 16.5. The van der Waals surface area contributed by atoms with Crippen LogP contribution in [-0.4, -0.2) is 40.5 Å². The van der Waals surface area contributed by atoms with Crippen molar-refractivity contribution < 1.29 is 14.8 Å². The highest BCUT2D eigenvalue weighted by Crippen LogP contribution is 2.23. The maximum atomic E-state index is 11.1. The minimum Gasteiger partial charge on any atom is -0.481 e. The van der Waals surface area contributed by atoms with E-state index in [-0.39, 0.29) is 12.1 Å². The molecule has 0 fully saturated rings. The van der Waals surface area contributed by atoms with Crippen LogP contribution in [0.4, 0.5) is 5.69 Å². The lowest BCUT2D eigenvalue weighted by molar-refractivity contribution is -0.385. The van der Waals surface area contributed by atoms with Crippen molar-refractivity contribution in [2.75, 3.05) is 19.6 Å². The van der Waals surface area contributed by atoms with Crippen molar-refractivity contribution in [1.29, 1.82) is 0 Å². The predicted octanol–water partition coefficient (Wildman–Crippen LogP) is 2.89. The first-order valence-electron chi connectivity index (χ1n) is 7.68.